The van der Waals surface area contributed by atoms with Crippen LogP contribution in [0.15, 0.2) is 0 Å². The van der Waals surface area contributed by atoms with Crippen LogP contribution in [0, 0.1) is 16.7 Å². The van der Waals surface area contributed by atoms with Crippen molar-refractivity contribution in [3.8, 4) is 0 Å². The molecular weight excluding hydrogens is 336 g/mol. The molecule has 2 aliphatic carbocycles. The molecule has 2 fully saturated rings. The highest BCUT2D eigenvalue weighted by atomic mass is 79.9. The number of carbonyl (C=O) groups excluding carboxylic acids is 1. The van der Waals surface area contributed by atoms with E-state index in [1.165, 1.54) is 7.11 Å². The van der Waals surface area contributed by atoms with E-state index >= 15 is 0 Å². The number of esters is 1. The average molecular weight is 354 g/mol. The SMILES string of the molecule is COC(=O)C12CCC(C1)C(C)(C)[C@]2(Br)CBr. The van der Waals surface area contributed by atoms with Crippen LogP contribution in [0.25, 0.3) is 0 Å². The molecular formula is C12H18Br2O2. The van der Waals surface area contributed by atoms with Crippen molar-refractivity contribution in [3.05, 3.63) is 0 Å². The van der Waals surface area contributed by atoms with Gasteiger partial charge in [0.25, 0.3) is 0 Å². The maximum absolute atomic E-state index is 12.2. The maximum atomic E-state index is 12.2. The van der Waals surface area contributed by atoms with E-state index in [0.717, 1.165) is 24.6 Å². The Labute approximate surface area is 114 Å². The van der Waals surface area contributed by atoms with Gasteiger partial charge in [-0.25, -0.2) is 0 Å². The summed E-state index contributed by atoms with van der Waals surface area (Å²) in [4.78, 5) is 12.2. The number of hydrogen-bond acceptors (Lipinski definition) is 2. The zero-order valence-corrected chi connectivity index (χ0v) is 13.2. The molecule has 0 spiro atoms. The van der Waals surface area contributed by atoms with E-state index in [-0.39, 0.29) is 21.1 Å². The highest BCUT2D eigenvalue weighted by molar-refractivity contribution is 9.12. The number of hydrogen-bond donors (Lipinski definition) is 0. The molecule has 0 heterocycles. The Bertz CT molecular complexity index is 329. The summed E-state index contributed by atoms with van der Waals surface area (Å²) in [7, 11) is 1.50. The molecule has 0 aliphatic heterocycles. The van der Waals surface area contributed by atoms with Gasteiger partial charge < -0.3 is 4.74 Å². The number of methoxy groups -OCH3 is 1. The zero-order valence-electron chi connectivity index (χ0n) is 9.98. The van der Waals surface area contributed by atoms with Gasteiger partial charge in [0.15, 0.2) is 0 Å². The summed E-state index contributed by atoms with van der Waals surface area (Å²) in [5, 5.41) is 0.790. The lowest BCUT2D eigenvalue weighted by Gasteiger charge is -2.49. The van der Waals surface area contributed by atoms with Gasteiger partial charge in [-0.2, -0.15) is 0 Å². The van der Waals surface area contributed by atoms with Crippen LogP contribution < -0.4 is 0 Å². The summed E-state index contributed by atoms with van der Waals surface area (Å²) in [5.41, 5.74) is -0.206. The molecule has 0 aromatic rings. The van der Waals surface area contributed by atoms with Crippen LogP contribution in [-0.2, 0) is 9.53 Å². The third-order valence-electron chi connectivity index (χ3n) is 5.08. The summed E-state index contributed by atoms with van der Waals surface area (Å²) < 4.78 is 4.88. The Morgan fingerprint density at radius 2 is 2.12 bits per heavy atom. The van der Waals surface area contributed by atoms with Crippen molar-refractivity contribution in [3.63, 3.8) is 0 Å². The van der Waals surface area contributed by atoms with Gasteiger partial charge in [-0.15, -0.1) is 0 Å². The van der Waals surface area contributed by atoms with Crippen molar-refractivity contribution in [2.45, 2.75) is 37.4 Å². The minimum absolute atomic E-state index is 0.0445. The van der Waals surface area contributed by atoms with Gasteiger partial charge in [0.2, 0.25) is 0 Å². The fraction of sp³-hybridized carbons (Fsp3) is 0.917. The summed E-state index contributed by atoms with van der Waals surface area (Å²) in [6.07, 6.45) is 3.05. The van der Waals surface area contributed by atoms with Crippen molar-refractivity contribution in [2.24, 2.45) is 16.7 Å². The molecule has 2 rings (SSSR count). The molecule has 2 aliphatic rings. The van der Waals surface area contributed by atoms with Crippen molar-refractivity contribution in [1.29, 1.82) is 0 Å². The minimum atomic E-state index is -0.334. The third-order valence-corrected chi connectivity index (χ3v) is 8.73. The first-order valence-electron chi connectivity index (χ1n) is 5.69. The van der Waals surface area contributed by atoms with E-state index in [1.807, 2.05) is 0 Å². The molecule has 4 heteroatoms. The van der Waals surface area contributed by atoms with Crippen LogP contribution in [0.4, 0.5) is 0 Å². The van der Waals surface area contributed by atoms with Crippen molar-refractivity contribution in [2.75, 3.05) is 12.4 Å². The fourth-order valence-electron chi connectivity index (χ4n) is 3.80. The van der Waals surface area contributed by atoms with Crippen LogP contribution in [0.3, 0.4) is 0 Å². The van der Waals surface area contributed by atoms with Gasteiger partial charge in [-0.3, -0.25) is 4.79 Å². The van der Waals surface area contributed by atoms with E-state index in [2.05, 4.69) is 45.7 Å². The fourth-order valence-corrected chi connectivity index (χ4v) is 5.91. The Balaban J connectivity index is 2.50. The highest BCUT2D eigenvalue weighted by Crippen LogP contribution is 2.72. The zero-order chi connectivity index (χ0) is 12.2. The average Bonchev–Trinajstić information content (AvgIpc) is 2.78. The van der Waals surface area contributed by atoms with Crippen molar-refractivity contribution < 1.29 is 9.53 Å². The van der Waals surface area contributed by atoms with E-state index in [9.17, 15) is 4.79 Å². The maximum Gasteiger partial charge on any atom is 0.313 e. The standard InChI is InChI=1S/C12H18Br2O2/c1-10(2)8-4-5-11(6-8,9(15)16-3)12(10,14)7-13/h8H,4-7H2,1-3H3/t8?,11?,12-/m1/s1. The third kappa shape index (κ3) is 1.21. The van der Waals surface area contributed by atoms with Gasteiger partial charge in [0, 0.05) is 5.33 Å². The minimum Gasteiger partial charge on any atom is -0.469 e. The molecule has 0 radical (unpaired) electrons. The van der Waals surface area contributed by atoms with E-state index < -0.39 is 0 Å². The smallest absolute Gasteiger partial charge is 0.313 e. The lowest BCUT2D eigenvalue weighted by molar-refractivity contribution is -0.154. The molecule has 2 saturated carbocycles. The topological polar surface area (TPSA) is 26.3 Å². The molecule has 0 aromatic carbocycles. The van der Waals surface area contributed by atoms with Gasteiger partial charge in [0.1, 0.15) is 0 Å². The van der Waals surface area contributed by atoms with Gasteiger partial charge >= 0.3 is 5.97 Å². The highest BCUT2D eigenvalue weighted by Gasteiger charge is 2.72. The summed E-state index contributed by atoms with van der Waals surface area (Å²) >= 11 is 7.46. The summed E-state index contributed by atoms with van der Waals surface area (Å²) in [5.74, 6) is 0.570. The largest absolute Gasteiger partial charge is 0.469 e. The molecule has 92 valence electrons. The van der Waals surface area contributed by atoms with Crippen LogP contribution in [0.5, 0.6) is 0 Å². The predicted octanol–water partition coefficient (Wildman–Crippen LogP) is 3.51. The number of carbonyl (C=O) groups is 1. The van der Waals surface area contributed by atoms with Crippen LogP contribution in [0.1, 0.15) is 33.1 Å². The van der Waals surface area contributed by atoms with Crippen molar-refractivity contribution in [1.82, 2.24) is 0 Å². The summed E-state index contributed by atoms with van der Waals surface area (Å²) in [6, 6.07) is 0. The monoisotopic (exact) mass is 352 g/mol. The molecule has 2 unspecified atom stereocenters. The number of alkyl halides is 2. The molecule has 0 aromatic heterocycles. The lowest BCUT2D eigenvalue weighted by Crippen LogP contribution is -2.55. The Morgan fingerprint density at radius 3 is 2.62 bits per heavy atom. The number of ether oxygens (including phenoxy) is 1. The first-order chi connectivity index (χ1) is 7.35. The number of fused-ring (bicyclic) bond motifs is 2. The first kappa shape index (κ1) is 12.9. The second-order valence-electron chi connectivity index (χ2n) is 5.67. The molecule has 0 amide bonds. The lowest BCUT2D eigenvalue weighted by atomic mass is 9.64. The van der Waals surface area contributed by atoms with Crippen LogP contribution in [0.2, 0.25) is 0 Å². The Hall–Kier alpha value is 0.430. The quantitative estimate of drug-likeness (QED) is 0.560. The molecule has 16 heavy (non-hydrogen) atoms. The second-order valence-corrected chi connectivity index (χ2v) is 7.58. The molecule has 0 N–H and O–H groups in total. The van der Waals surface area contributed by atoms with Gasteiger partial charge in [0.05, 0.1) is 16.8 Å². The normalized spacial score (nSPS) is 44.7. The summed E-state index contributed by atoms with van der Waals surface area (Å²) in [6.45, 7) is 4.52. The van der Waals surface area contributed by atoms with E-state index in [0.29, 0.717) is 5.92 Å². The van der Waals surface area contributed by atoms with Gasteiger partial charge in [-0.1, -0.05) is 45.7 Å². The first-order valence-corrected chi connectivity index (χ1v) is 7.60. The Kier molecular flexibility index (Phi) is 2.99. The molecule has 2 nitrogen and oxygen atoms in total. The second kappa shape index (κ2) is 3.71. The van der Waals surface area contributed by atoms with Crippen LogP contribution >= 0.6 is 31.9 Å². The van der Waals surface area contributed by atoms with E-state index in [4.69, 9.17) is 4.74 Å². The van der Waals surface area contributed by atoms with E-state index in [1.54, 1.807) is 0 Å². The van der Waals surface area contributed by atoms with Crippen LogP contribution in [-0.4, -0.2) is 22.7 Å². The van der Waals surface area contributed by atoms with Crippen molar-refractivity contribution >= 4 is 37.8 Å². The Morgan fingerprint density at radius 1 is 1.50 bits per heavy atom. The van der Waals surface area contributed by atoms with Gasteiger partial charge in [-0.05, 0) is 30.6 Å². The number of halogens is 2. The number of rotatable bonds is 2. The predicted molar refractivity (Wildman–Crippen MR) is 71.0 cm³/mol. The molecule has 3 atom stereocenters. The molecule has 2 bridgehead atoms. The molecule has 0 saturated heterocycles.